The fourth-order valence-electron chi connectivity index (χ4n) is 3.26. The molecule has 2 fully saturated rings. The summed E-state index contributed by atoms with van der Waals surface area (Å²) in [5, 5.41) is 10.8. The molecule has 2 bridgehead atoms. The lowest BCUT2D eigenvalue weighted by Crippen LogP contribution is -2.60. The van der Waals surface area contributed by atoms with E-state index in [4.69, 9.17) is 0 Å². The van der Waals surface area contributed by atoms with E-state index in [0.29, 0.717) is 12.1 Å². The fraction of sp³-hybridized carbons (Fsp3) is 1.00. The molecule has 15 heavy (non-hydrogen) atoms. The standard InChI is InChI=1S/C13H25NO/c1-12(2,3)13(15)8-10-6-5-7-11(9-13)14(10)4/h10-11,15H,5-9H2,1-4H3. The molecular weight excluding hydrogens is 186 g/mol. The number of hydrogen-bond donors (Lipinski definition) is 1. The van der Waals surface area contributed by atoms with Crippen molar-refractivity contribution in [3.05, 3.63) is 0 Å². The second-order valence-corrected chi connectivity index (χ2v) is 6.59. The monoisotopic (exact) mass is 211 g/mol. The molecule has 2 rings (SSSR count). The van der Waals surface area contributed by atoms with Gasteiger partial charge in [-0.15, -0.1) is 0 Å². The molecule has 2 aliphatic rings. The molecule has 0 spiro atoms. The summed E-state index contributed by atoms with van der Waals surface area (Å²) in [7, 11) is 2.23. The molecule has 1 N–H and O–H groups in total. The van der Waals surface area contributed by atoms with Crippen LogP contribution in [0.4, 0.5) is 0 Å². The highest BCUT2D eigenvalue weighted by molar-refractivity contribution is 5.03. The van der Waals surface area contributed by atoms with E-state index in [9.17, 15) is 5.11 Å². The Morgan fingerprint density at radius 3 is 2.00 bits per heavy atom. The van der Waals surface area contributed by atoms with Crippen LogP contribution in [-0.2, 0) is 0 Å². The first kappa shape index (κ1) is 11.4. The van der Waals surface area contributed by atoms with Gasteiger partial charge >= 0.3 is 0 Å². The highest BCUT2D eigenvalue weighted by atomic mass is 16.3. The lowest BCUT2D eigenvalue weighted by atomic mass is 9.64. The maximum atomic E-state index is 10.8. The van der Waals surface area contributed by atoms with Crippen LogP contribution in [-0.4, -0.2) is 34.7 Å². The van der Waals surface area contributed by atoms with Gasteiger partial charge in [0.1, 0.15) is 0 Å². The molecular formula is C13H25NO. The lowest BCUT2D eigenvalue weighted by molar-refractivity contribution is -0.140. The van der Waals surface area contributed by atoms with Crippen molar-refractivity contribution in [2.45, 2.75) is 70.6 Å². The van der Waals surface area contributed by atoms with Gasteiger partial charge in [-0.2, -0.15) is 0 Å². The Morgan fingerprint density at radius 2 is 1.60 bits per heavy atom. The van der Waals surface area contributed by atoms with Crippen LogP contribution in [0.1, 0.15) is 52.9 Å². The Kier molecular flexibility index (Phi) is 2.63. The van der Waals surface area contributed by atoms with E-state index in [2.05, 4.69) is 32.7 Å². The zero-order chi connectivity index (χ0) is 11.3. The zero-order valence-electron chi connectivity index (χ0n) is 10.6. The molecule has 2 saturated heterocycles. The van der Waals surface area contributed by atoms with Crippen molar-refractivity contribution in [3.8, 4) is 0 Å². The summed E-state index contributed by atoms with van der Waals surface area (Å²) in [6.45, 7) is 6.52. The fourth-order valence-corrected chi connectivity index (χ4v) is 3.26. The van der Waals surface area contributed by atoms with Crippen LogP contribution in [0, 0.1) is 5.41 Å². The minimum absolute atomic E-state index is 0.0160. The number of fused-ring (bicyclic) bond motifs is 2. The highest BCUT2D eigenvalue weighted by Gasteiger charge is 2.49. The summed E-state index contributed by atoms with van der Waals surface area (Å²) in [5.74, 6) is 0. The molecule has 0 radical (unpaired) electrons. The third kappa shape index (κ3) is 1.83. The molecule has 0 amide bonds. The molecule has 2 nitrogen and oxygen atoms in total. The maximum absolute atomic E-state index is 10.8. The van der Waals surface area contributed by atoms with Gasteiger partial charge < -0.3 is 10.0 Å². The second-order valence-electron chi connectivity index (χ2n) is 6.59. The van der Waals surface area contributed by atoms with E-state index in [1.165, 1.54) is 19.3 Å². The summed E-state index contributed by atoms with van der Waals surface area (Å²) < 4.78 is 0. The Bertz CT molecular complexity index is 229. The number of rotatable bonds is 0. The van der Waals surface area contributed by atoms with Crippen LogP contribution >= 0.6 is 0 Å². The van der Waals surface area contributed by atoms with Crippen molar-refractivity contribution in [1.82, 2.24) is 4.90 Å². The van der Waals surface area contributed by atoms with E-state index >= 15 is 0 Å². The molecule has 2 heterocycles. The van der Waals surface area contributed by atoms with Crippen LogP contribution in [0.3, 0.4) is 0 Å². The predicted molar refractivity (Wildman–Crippen MR) is 62.8 cm³/mol. The largest absolute Gasteiger partial charge is 0.389 e. The molecule has 0 aromatic carbocycles. The van der Waals surface area contributed by atoms with Crippen molar-refractivity contribution in [2.75, 3.05) is 7.05 Å². The van der Waals surface area contributed by atoms with Crippen molar-refractivity contribution in [1.29, 1.82) is 0 Å². The van der Waals surface area contributed by atoms with Crippen LogP contribution in [0.5, 0.6) is 0 Å². The van der Waals surface area contributed by atoms with Gasteiger partial charge in [0.25, 0.3) is 0 Å². The van der Waals surface area contributed by atoms with Crippen molar-refractivity contribution < 1.29 is 5.11 Å². The van der Waals surface area contributed by atoms with Gasteiger partial charge in [-0.1, -0.05) is 27.2 Å². The minimum Gasteiger partial charge on any atom is -0.389 e. The molecule has 2 unspecified atom stereocenters. The summed E-state index contributed by atoms with van der Waals surface area (Å²) in [4.78, 5) is 2.50. The van der Waals surface area contributed by atoms with Gasteiger partial charge in [-0.05, 0) is 38.1 Å². The molecule has 2 heteroatoms. The normalized spacial score (nSPS) is 43.0. The van der Waals surface area contributed by atoms with Crippen molar-refractivity contribution in [3.63, 3.8) is 0 Å². The van der Waals surface area contributed by atoms with Crippen LogP contribution in [0.15, 0.2) is 0 Å². The maximum Gasteiger partial charge on any atom is 0.0725 e. The number of aliphatic hydroxyl groups is 1. The van der Waals surface area contributed by atoms with Crippen molar-refractivity contribution >= 4 is 0 Å². The predicted octanol–water partition coefficient (Wildman–Crippen LogP) is 2.41. The molecule has 0 saturated carbocycles. The molecule has 2 atom stereocenters. The summed E-state index contributed by atoms with van der Waals surface area (Å²) >= 11 is 0. The molecule has 0 aromatic rings. The van der Waals surface area contributed by atoms with Gasteiger partial charge in [0.05, 0.1) is 5.60 Å². The topological polar surface area (TPSA) is 23.5 Å². The Morgan fingerprint density at radius 1 is 1.13 bits per heavy atom. The van der Waals surface area contributed by atoms with E-state index in [-0.39, 0.29) is 5.41 Å². The second kappa shape index (κ2) is 3.46. The Balaban J connectivity index is 2.20. The zero-order valence-corrected chi connectivity index (χ0v) is 10.6. The summed E-state index contributed by atoms with van der Waals surface area (Å²) in [6, 6.07) is 1.23. The Hall–Kier alpha value is -0.0800. The van der Waals surface area contributed by atoms with E-state index < -0.39 is 5.60 Å². The van der Waals surface area contributed by atoms with Crippen LogP contribution in [0.2, 0.25) is 0 Å². The average molecular weight is 211 g/mol. The molecule has 88 valence electrons. The van der Waals surface area contributed by atoms with Crippen LogP contribution < -0.4 is 0 Å². The first-order valence-corrected chi connectivity index (χ1v) is 6.28. The highest BCUT2D eigenvalue weighted by Crippen LogP contribution is 2.46. The smallest absolute Gasteiger partial charge is 0.0725 e. The number of nitrogens with zero attached hydrogens (tertiary/aromatic N) is 1. The van der Waals surface area contributed by atoms with Gasteiger partial charge in [0.15, 0.2) is 0 Å². The minimum atomic E-state index is -0.449. The van der Waals surface area contributed by atoms with E-state index in [0.717, 1.165) is 12.8 Å². The third-order valence-corrected chi connectivity index (χ3v) is 4.77. The molecule has 2 aliphatic heterocycles. The molecule has 0 aromatic heterocycles. The lowest BCUT2D eigenvalue weighted by Gasteiger charge is -2.55. The molecule has 0 aliphatic carbocycles. The van der Waals surface area contributed by atoms with Crippen LogP contribution in [0.25, 0.3) is 0 Å². The van der Waals surface area contributed by atoms with Gasteiger partial charge in [-0.25, -0.2) is 0 Å². The van der Waals surface area contributed by atoms with E-state index in [1.54, 1.807) is 0 Å². The third-order valence-electron chi connectivity index (χ3n) is 4.77. The SMILES string of the molecule is CN1C2CCCC1CC(O)(C(C)(C)C)C2. The van der Waals surface area contributed by atoms with Gasteiger partial charge in [0, 0.05) is 12.1 Å². The Labute approximate surface area is 93.7 Å². The summed E-state index contributed by atoms with van der Waals surface area (Å²) in [5.41, 5.74) is -0.433. The number of piperidine rings is 2. The number of hydrogen-bond acceptors (Lipinski definition) is 2. The van der Waals surface area contributed by atoms with Crippen molar-refractivity contribution in [2.24, 2.45) is 5.41 Å². The first-order chi connectivity index (χ1) is 6.83. The van der Waals surface area contributed by atoms with Gasteiger partial charge in [0.2, 0.25) is 0 Å². The first-order valence-electron chi connectivity index (χ1n) is 6.28. The summed E-state index contributed by atoms with van der Waals surface area (Å²) in [6.07, 6.45) is 5.81. The van der Waals surface area contributed by atoms with E-state index in [1.807, 2.05) is 0 Å². The quantitative estimate of drug-likeness (QED) is 0.665. The van der Waals surface area contributed by atoms with Gasteiger partial charge in [-0.3, -0.25) is 0 Å². The average Bonchev–Trinajstić information content (AvgIpc) is 2.05.